The molecule has 0 saturated carbocycles. The molecule has 1 rings (SSSR count). The van der Waals surface area contributed by atoms with Crippen LogP contribution in [0.1, 0.15) is 39.7 Å². The Kier molecular flexibility index (Phi) is 5.63. The van der Waals surface area contributed by atoms with Crippen LogP contribution >= 0.6 is 0 Å². The zero-order valence-electron chi connectivity index (χ0n) is 11.9. The molecule has 3 heteroatoms. The Labute approximate surface area is 110 Å². The van der Waals surface area contributed by atoms with Crippen LogP contribution < -0.4 is 10.1 Å². The molecule has 0 aliphatic rings. The molecule has 1 unspecified atom stereocenters. The third-order valence-electron chi connectivity index (χ3n) is 2.53. The molecule has 0 saturated heterocycles. The first kappa shape index (κ1) is 15.0. The normalized spacial score (nSPS) is 13.4. The fourth-order valence-electron chi connectivity index (χ4n) is 1.46. The Hall–Kier alpha value is -1.06. The minimum absolute atomic E-state index is 0.114. The molecule has 2 N–H and O–H groups in total. The van der Waals surface area contributed by atoms with Gasteiger partial charge in [-0.15, -0.1) is 0 Å². The lowest BCUT2D eigenvalue weighted by molar-refractivity contribution is 0.155. The van der Waals surface area contributed by atoms with Gasteiger partial charge in [-0.25, -0.2) is 0 Å². The highest BCUT2D eigenvalue weighted by molar-refractivity contribution is 5.28. The molecule has 0 aromatic heterocycles. The summed E-state index contributed by atoms with van der Waals surface area (Å²) in [7, 11) is 0. The summed E-state index contributed by atoms with van der Waals surface area (Å²) in [5, 5.41) is 12.6. The average Bonchev–Trinajstić information content (AvgIpc) is 2.26. The number of nitrogens with one attached hydrogen (secondary N) is 1. The van der Waals surface area contributed by atoms with Gasteiger partial charge in [0.15, 0.2) is 0 Å². The lowest BCUT2D eigenvalue weighted by Crippen LogP contribution is -2.35. The van der Waals surface area contributed by atoms with E-state index >= 15 is 0 Å². The van der Waals surface area contributed by atoms with Gasteiger partial charge in [-0.1, -0.05) is 12.1 Å². The van der Waals surface area contributed by atoms with Gasteiger partial charge in [0.2, 0.25) is 0 Å². The first-order valence-corrected chi connectivity index (χ1v) is 6.52. The molecule has 0 radical (unpaired) electrons. The molecule has 0 bridgehead atoms. The second-order valence-corrected chi connectivity index (χ2v) is 5.74. The van der Waals surface area contributed by atoms with Crippen molar-refractivity contribution in [2.45, 2.75) is 52.3 Å². The van der Waals surface area contributed by atoms with E-state index in [0.29, 0.717) is 13.0 Å². The maximum Gasteiger partial charge on any atom is 0.119 e. The SMILES string of the molecule is CC(O)CCOc1cccc(CNC(C)(C)C)c1. The van der Waals surface area contributed by atoms with E-state index in [4.69, 9.17) is 9.84 Å². The fourth-order valence-corrected chi connectivity index (χ4v) is 1.46. The summed E-state index contributed by atoms with van der Waals surface area (Å²) < 4.78 is 5.60. The number of aliphatic hydroxyl groups is 1. The van der Waals surface area contributed by atoms with Crippen molar-refractivity contribution in [3.8, 4) is 5.75 Å². The average molecular weight is 251 g/mol. The highest BCUT2D eigenvalue weighted by Gasteiger charge is 2.08. The van der Waals surface area contributed by atoms with Crippen molar-refractivity contribution in [2.75, 3.05) is 6.61 Å². The Morgan fingerprint density at radius 1 is 1.33 bits per heavy atom. The highest BCUT2D eigenvalue weighted by atomic mass is 16.5. The molecule has 1 atom stereocenters. The van der Waals surface area contributed by atoms with Crippen molar-refractivity contribution in [3.63, 3.8) is 0 Å². The van der Waals surface area contributed by atoms with Gasteiger partial charge in [-0.05, 0) is 45.4 Å². The molecule has 0 spiro atoms. The molecule has 0 heterocycles. The molecule has 3 nitrogen and oxygen atoms in total. The maximum absolute atomic E-state index is 9.17. The summed E-state index contributed by atoms with van der Waals surface area (Å²) in [6.45, 7) is 9.60. The first-order chi connectivity index (χ1) is 8.37. The number of rotatable bonds is 6. The Morgan fingerprint density at radius 2 is 2.06 bits per heavy atom. The van der Waals surface area contributed by atoms with Gasteiger partial charge in [0.25, 0.3) is 0 Å². The predicted octanol–water partition coefficient (Wildman–Crippen LogP) is 2.72. The Bertz CT molecular complexity index is 356. The van der Waals surface area contributed by atoms with Crippen molar-refractivity contribution in [2.24, 2.45) is 0 Å². The van der Waals surface area contributed by atoms with Gasteiger partial charge >= 0.3 is 0 Å². The van der Waals surface area contributed by atoms with Crippen LogP contribution in [0.3, 0.4) is 0 Å². The van der Waals surface area contributed by atoms with Crippen LogP contribution in [0.4, 0.5) is 0 Å². The molecule has 1 aromatic carbocycles. The van der Waals surface area contributed by atoms with Crippen LogP contribution in [-0.4, -0.2) is 23.4 Å². The lowest BCUT2D eigenvalue weighted by Gasteiger charge is -2.20. The number of hydrogen-bond donors (Lipinski definition) is 2. The highest BCUT2D eigenvalue weighted by Crippen LogP contribution is 2.14. The van der Waals surface area contributed by atoms with Crippen molar-refractivity contribution < 1.29 is 9.84 Å². The lowest BCUT2D eigenvalue weighted by atomic mass is 10.1. The zero-order valence-corrected chi connectivity index (χ0v) is 11.9. The van der Waals surface area contributed by atoms with Gasteiger partial charge in [0.05, 0.1) is 12.7 Å². The van der Waals surface area contributed by atoms with E-state index in [1.165, 1.54) is 5.56 Å². The zero-order chi connectivity index (χ0) is 13.6. The van der Waals surface area contributed by atoms with Gasteiger partial charge in [0.1, 0.15) is 5.75 Å². The second-order valence-electron chi connectivity index (χ2n) is 5.74. The van der Waals surface area contributed by atoms with Crippen molar-refractivity contribution in [3.05, 3.63) is 29.8 Å². The monoisotopic (exact) mass is 251 g/mol. The molecular formula is C15H25NO2. The summed E-state index contributed by atoms with van der Waals surface area (Å²) >= 11 is 0. The molecule has 0 aliphatic carbocycles. The number of benzene rings is 1. The summed E-state index contributed by atoms with van der Waals surface area (Å²) in [6.07, 6.45) is 0.348. The van der Waals surface area contributed by atoms with E-state index in [2.05, 4.69) is 32.2 Å². The standard InChI is InChI=1S/C15H25NO2/c1-12(17)8-9-18-14-7-5-6-13(10-14)11-16-15(2,3)4/h5-7,10,12,16-17H,8-9,11H2,1-4H3. The van der Waals surface area contributed by atoms with E-state index in [1.807, 2.05) is 18.2 Å². The van der Waals surface area contributed by atoms with Crippen LogP contribution in [-0.2, 0) is 6.54 Å². The van der Waals surface area contributed by atoms with E-state index in [9.17, 15) is 0 Å². The van der Waals surface area contributed by atoms with Crippen LogP contribution in [0, 0.1) is 0 Å². The molecule has 0 aliphatic heterocycles. The quantitative estimate of drug-likeness (QED) is 0.817. The number of hydrogen-bond acceptors (Lipinski definition) is 3. The third-order valence-corrected chi connectivity index (χ3v) is 2.53. The minimum atomic E-state index is -0.310. The Balaban J connectivity index is 2.46. The fraction of sp³-hybridized carbons (Fsp3) is 0.600. The van der Waals surface area contributed by atoms with E-state index in [-0.39, 0.29) is 11.6 Å². The van der Waals surface area contributed by atoms with Gasteiger partial charge in [0, 0.05) is 18.5 Å². The van der Waals surface area contributed by atoms with Crippen LogP contribution in [0.15, 0.2) is 24.3 Å². The smallest absolute Gasteiger partial charge is 0.119 e. The second kappa shape index (κ2) is 6.76. The predicted molar refractivity (Wildman–Crippen MR) is 74.8 cm³/mol. The Morgan fingerprint density at radius 3 is 2.67 bits per heavy atom. The van der Waals surface area contributed by atoms with E-state index in [1.54, 1.807) is 6.92 Å². The molecular weight excluding hydrogens is 226 g/mol. The van der Waals surface area contributed by atoms with E-state index < -0.39 is 0 Å². The summed E-state index contributed by atoms with van der Waals surface area (Å²) in [4.78, 5) is 0. The van der Waals surface area contributed by atoms with Crippen LogP contribution in [0.2, 0.25) is 0 Å². The number of ether oxygens (including phenoxy) is 1. The summed E-state index contributed by atoms with van der Waals surface area (Å²) in [5.74, 6) is 0.865. The van der Waals surface area contributed by atoms with Crippen LogP contribution in [0.25, 0.3) is 0 Å². The van der Waals surface area contributed by atoms with Gasteiger partial charge < -0.3 is 15.2 Å². The van der Waals surface area contributed by atoms with Crippen molar-refractivity contribution in [1.29, 1.82) is 0 Å². The van der Waals surface area contributed by atoms with Gasteiger partial charge in [-0.3, -0.25) is 0 Å². The van der Waals surface area contributed by atoms with E-state index in [0.717, 1.165) is 12.3 Å². The largest absolute Gasteiger partial charge is 0.493 e. The van der Waals surface area contributed by atoms with Gasteiger partial charge in [-0.2, -0.15) is 0 Å². The first-order valence-electron chi connectivity index (χ1n) is 6.52. The molecule has 0 fully saturated rings. The molecule has 0 amide bonds. The van der Waals surface area contributed by atoms with Crippen LogP contribution in [0.5, 0.6) is 5.75 Å². The number of aliphatic hydroxyl groups excluding tert-OH is 1. The molecule has 102 valence electrons. The molecule has 18 heavy (non-hydrogen) atoms. The van der Waals surface area contributed by atoms with Crippen molar-refractivity contribution >= 4 is 0 Å². The topological polar surface area (TPSA) is 41.5 Å². The maximum atomic E-state index is 9.17. The third kappa shape index (κ3) is 6.62. The van der Waals surface area contributed by atoms with Crippen molar-refractivity contribution in [1.82, 2.24) is 5.32 Å². The summed E-state index contributed by atoms with van der Waals surface area (Å²) in [5.41, 5.74) is 1.32. The minimum Gasteiger partial charge on any atom is -0.493 e. The molecule has 1 aromatic rings. The summed E-state index contributed by atoms with van der Waals surface area (Å²) in [6, 6.07) is 8.07.